The minimum atomic E-state index is 0.713. The topological polar surface area (TPSA) is 56.8 Å². The molecule has 114 valence electrons. The van der Waals surface area contributed by atoms with Gasteiger partial charge in [0.1, 0.15) is 5.82 Å². The molecule has 5 heteroatoms. The van der Waals surface area contributed by atoms with Crippen LogP contribution in [0.2, 0.25) is 0 Å². The Morgan fingerprint density at radius 2 is 2.10 bits per heavy atom. The quantitative estimate of drug-likeness (QED) is 0.803. The van der Waals surface area contributed by atoms with Crippen LogP contribution in [0.15, 0.2) is 0 Å². The number of anilines is 1. The van der Waals surface area contributed by atoms with E-state index in [4.69, 9.17) is 0 Å². The van der Waals surface area contributed by atoms with Gasteiger partial charge in [-0.2, -0.15) is 4.98 Å². The van der Waals surface area contributed by atoms with Crippen molar-refractivity contribution in [2.45, 2.75) is 46.5 Å². The number of aromatic nitrogens is 3. The lowest BCUT2D eigenvalue weighted by atomic mass is 9.97. The number of aromatic amines is 1. The number of nitrogens with zero attached hydrogens (tertiary/aromatic N) is 3. The highest BCUT2D eigenvalue weighted by Gasteiger charge is 2.21. The molecule has 1 aliphatic rings. The molecule has 5 nitrogen and oxygen atoms in total. The molecule has 0 spiro atoms. The minimum absolute atomic E-state index is 0.713. The van der Waals surface area contributed by atoms with Crippen molar-refractivity contribution < 1.29 is 0 Å². The lowest BCUT2D eigenvalue weighted by Gasteiger charge is -2.31. The first-order valence-electron chi connectivity index (χ1n) is 8.06. The van der Waals surface area contributed by atoms with Gasteiger partial charge in [0.2, 0.25) is 5.95 Å². The summed E-state index contributed by atoms with van der Waals surface area (Å²) in [5, 5.41) is 10.9. The van der Waals surface area contributed by atoms with Gasteiger partial charge in [0.15, 0.2) is 0 Å². The summed E-state index contributed by atoms with van der Waals surface area (Å²) >= 11 is 0. The fraction of sp³-hybridized carbons (Fsp3) is 0.867. The van der Waals surface area contributed by atoms with E-state index in [9.17, 15) is 0 Å². The molecule has 2 rings (SSSR count). The highest BCUT2D eigenvalue weighted by atomic mass is 15.4. The van der Waals surface area contributed by atoms with E-state index in [2.05, 4.69) is 46.2 Å². The van der Waals surface area contributed by atoms with Crippen molar-refractivity contribution >= 4 is 5.95 Å². The second-order valence-electron chi connectivity index (χ2n) is 6.25. The Hall–Kier alpha value is -1.10. The second kappa shape index (κ2) is 7.62. The van der Waals surface area contributed by atoms with Crippen LogP contribution in [0.25, 0.3) is 0 Å². The van der Waals surface area contributed by atoms with Gasteiger partial charge in [0.05, 0.1) is 0 Å². The Bertz CT molecular complexity index is 379. The molecule has 20 heavy (non-hydrogen) atoms. The lowest BCUT2D eigenvalue weighted by Crippen LogP contribution is -2.37. The van der Waals surface area contributed by atoms with Crippen molar-refractivity contribution in [2.75, 3.05) is 31.1 Å². The van der Waals surface area contributed by atoms with E-state index < -0.39 is 0 Å². The molecule has 0 radical (unpaired) electrons. The molecule has 2 N–H and O–H groups in total. The molecule has 0 aromatic carbocycles. The molecule has 0 aliphatic carbocycles. The standard InChI is InChI=1S/C15H29N5/c1-4-16-11-13-7-9-20(10-8-13)15-17-14(18-19-15)6-5-12(2)3/h12-13,16H,4-11H2,1-3H3,(H,17,18,19). The number of nitrogens with one attached hydrogen (secondary N) is 2. The summed E-state index contributed by atoms with van der Waals surface area (Å²) in [6.07, 6.45) is 4.65. The first-order valence-corrected chi connectivity index (χ1v) is 8.06. The van der Waals surface area contributed by atoms with Crippen molar-refractivity contribution in [3.05, 3.63) is 5.82 Å². The van der Waals surface area contributed by atoms with Crippen LogP contribution in [-0.4, -0.2) is 41.4 Å². The van der Waals surface area contributed by atoms with E-state index in [0.717, 1.165) is 50.3 Å². The molecular weight excluding hydrogens is 250 g/mol. The zero-order chi connectivity index (χ0) is 14.4. The molecule has 0 unspecified atom stereocenters. The summed E-state index contributed by atoms with van der Waals surface area (Å²) in [6, 6.07) is 0. The largest absolute Gasteiger partial charge is 0.340 e. The van der Waals surface area contributed by atoms with Crippen molar-refractivity contribution in [2.24, 2.45) is 11.8 Å². The molecule has 1 fully saturated rings. The fourth-order valence-corrected chi connectivity index (χ4v) is 2.65. The maximum absolute atomic E-state index is 4.64. The Morgan fingerprint density at radius 1 is 1.35 bits per heavy atom. The van der Waals surface area contributed by atoms with Gasteiger partial charge in [-0.1, -0.05) is 20.8 Å². The highest BCUT2D eigenvalue weighted by Crippen LogP contribution is 2.20. The van der Waals surface area contributed by atoms with Crippen molar-refractivity contribution in [3.8, 4) is 0 Å². The SMILES string of the molecule is CCNCC1CCN(c2n[nH]c(CCC(C)C)n2)CC1. The third kappa shape index (κ3) is 4.47. The highest BCUT2D eigenvalue weighted by molar-refractivity contribution is 5.29. The van der Waals surface area contributed by atoms with E-state index in [1.54, 1.807) is 0 Å². The molecule has 1 aliphatic heterocycles. The summed E-state index contributed by atoms with van der Waals surface area (Å²) < 4.78 is 0. The number of aryl methyl sites for hydroxylation is 1. The molecular formula is C15H29N5. The lowest BCUT2D eigenvalue weighted by molar-refractivity contribution is 0.384. The van der Waals surface area contributed by atoms with Gasteiger partial charge in [-0.25, -0.2) is 0 Å². The first-order chi connectivity index (χ1) is 9.69. The van der Waals surface area contributed by atoms with Crippen LogP contribution in [0.4, 0.5) is 5.95 Å². The molecule has 0 atom stereocenters. The number of piperidine rings is 1. The second-order valence-corrected chi connectivity index (χ2v) is 6.25. The summed E-state index contributed by atoms with van der Waals surface area (Å²) in [5.74, 6) is 3.45. The summed E-state index contributed by atoms with van der Waals surface area (Å²) in [6.45, 7) is 11.0. The van der Waals surface area contributed by atoms with Gasteiger partial charge >= 0.3 is 0 Å². The zero-order valence-electron chi connectivity index (χ0n) is 13.2. The van der Waals surface area contributed by atoms with Gasteiger partial charge < -0.3 is 10.2 Å². The normalized spacial score (nSPS) is 17.1. The van der Waals surface area contributed by atoms with E-state index in [-0.39, 0.29) is 0 Å². The predicted molar refractivity (Wildman–Crippen MR) is 83.0 cm³/mol. The summed E-state index contributed by atoms with van der Waals surface area (Å²) in [5.41, 5.74) is 0. The van der Waals surface area contributed by atoms with Gasteiger partial charge in [-0.05, 0) is 44.2 Å². The van der Waals surface area contributed by atoms with Crippen LogP contribution in [0.3, 0.4) is 0 Å². The number of hydrogen-bond donors (Lipinski definition) is 2. The Morgan fingerprint density at radius 3 is 2.75 bits per heavy atom. The Balaban J connectivity index is 1.78. The minimum Gasteiger partial charge on any atom is -0.340 e. The van der Waals surface area contributed by atoms with Crippen LogP contribution in [0.1, 0.15) is 45.9 Å². The van der Waals surface area contributed by atoms with E-state index in [0.29, 0.717) is 5.92 Å². The molecule has 2 heterocycles. The van der Waals surface area contributed by atoms with Gasteiger partial charge in [0, 0.05) is 19.5 Å². The van der Waals surface area contributed by atoms with Gasteiger partial charge in [-0.15, -0.1) is 5.10 Å². The van der Waals surface area contributed by atoms with E-state index in [1.165, 1.54) is 19.3 Å². The van der Waals surface area contributed by atoms with E-state index in [1.807, 2.05) is 0 Å². The molecule has 1 aromatic rings. The molecule has 0 bridgehead atoms. The Labute approximate surface area is 122 Å². The summed E-state index contributed by atoms with van der Waals surface area (Å²) in [7, 11) is 0. The van der Waals surface area contributed by atoms with Crippen molar-refractivity contribution in [1.82, 2.24) is 20.5 Å². The smallest absolute Gasteiger partial charge is 0.244 e. The predicted octanol–water partition coefficient (Wildman–Crippen LogP) is 2.22. The van der Waals surface area contributed by atoms with Gasteiger partial charge in [-0.3, -0.25) is 5.10 Å². The van der Waals surface area contributed by atoms with E-state index >= 15 is 0 Å². The molecule has 1 aromatic heterocycles. The number of H-pyrrole nitrogens is 1. The van der Waals surface area contributed by atoms with Crippen LogP contribution in [-0.2, 0) is 6.42 Å². The zero-order valence-corrected chi connectivity index (χ0v) is 13.2. The summed E-state index contributed by atoms with van der Waals surface area (Å²) in [4.78, 5) is 6.95. The maximum Gasteiger partial charge on any atom is 0.244 e. The average Bonchev–Trinajstić information content (AvgIpc) is 2.92. The van der Waals surface area contributed by atoms with Crippen molar-refractivity contribution in [3.63, 3.8) is 0 Å². The molecule has 1 saturated heterocycles. The van der Waals surface area contributed by atoms with Crippen LogP contribution in [0.5, 0.6) is 0 Å². The van der Waals surface area contributed by atoms with Crippen LogP contribution in [0, 0.1) is 11.8 Å². The monoisotopic (exact) mass is 279 g/mol. The number of rotatable bonds is 7. The van der Waals surface area contributed by atoms with Gasteiger partial charge in [0.25, 0.3) is 0 Å². The van der Waals surface area contributed by atoms with Crippen LogP contribution < -0.4 is 10.2 Å². The average molecular weight is 279 g/mol. The Kier molecular flexibility index (Phi) is 5.83. The molecule has 0 amide bonds. The maximum atomic E-state index is 4.64. The third-order valence-corrected chi connectivity index (χ3v) is 4.06. The third-order valence-electron chi connectivity index (χ3n) is 4.06. The fourth-order valence-electron chi connectivity index (χ4n) is 2.65. The van der Waals surface area contributed by atoms with Crippen LogP contribution >= 0.6 is 0 Å². The van der Waals surface area contributed by atoms with Crippen molar-refractivity contribution in [1.29, 1.82) is 0 Å². The number of hydrogen-bond acceptors (Lipinski definition) is 4. The molecule has 0 saturated carbocycles. The first kappa shape index (κ1) is 15.3.